The summed E-state index contributed by atoms with van der Waals surface area (Å²) >= 11 is 0. The van der Waals surface area contributed by atoms with Crippen molar-refractivity contribution in [1.82, 2.24) is 9.55 Å². The Morgan fingerprint density at radius 1 is 0.971 bits per heavy atom. The first-order valence-corrected chi connectivity index (χ1v) is 11.8. The van der Waals surface area contributed by atoms with Crippen molar-refractivity contribution >= 4 is 0 Å². The van der Waals surface area contributed by atoms with Crippen LogP contribution < -0.4 is 5.56 Å². The molecule has 168 valence electrons. The van der Waals surface area contributed by atoms with Crippen LogP contribution in [0.2, 0.25) is 0 Å². The van der Waals surface area contributed by atoms with Crippen molar-refractivity contribution in [2.24, 2.45) is 5.92 Å². The van der Waals surface area contributed by atoms with Crippen LogP contribution in [0.25, 0.3) is 0 Å². The molecule has 4 nitrogen and oxygen atoms in total. The normalized spacial score (nSPS) is 15.0. The molecule has 0 saturated carbocycles. The number of nitriles is 1. The van der Waals surface area contributed by atoms with Crippen LogP contribution in [-0.2, 0) is 19.3 Å². The summed E-state index contributed by atoms with van der Waals surface area (Å²) in [6.45, 7) is 1.94. The van der Waals surface area contributed by atoms with Gasteiger partial charge in [-0.05, 0) is 61.3 Å². The molecule has 34 heavy (non-hydrogen) atoms. The monoisotopic (exact) mass is 445 g/mol. The molecule has 1 unspecified atom stereocenters. The lowest BCUT2D eigenvalue weighted by Gasteiger charge is -2.28. The number of benzene rings is 3. The van der Waals surface area contributed by atoms with E-state index in [4.69, 9.17) is 4.98 Å². The fourth-order valence-corrected chi connectivity index (χ4v) is 5.23. The van der Waals surface area contributed by atoms with Gasteiger partial charge < -0.3 is 0 Å². The molecule has 4 aromatic rings. The maximum Gasteiger partial charge on any atom is 0.257 e. The van der Waals surface area contributed by atoms with Crippen molar-refractivity contribution in [3.63, 3.8) is 0 Å². The first-order valence-electron chi connectivity index (χ1n) is 11.8. The van der Waals surface area contributed by atoms with Crippen LogP contribution in [0, 0.1) is 24.2 Å². The number of fused-ring (bicyclic) bond motifs is 1. The molecule has 1 heterocycles. The molecule has 4 heteroatoms. The van der Waals surface area contributed by atoms with E-state index < -0.39 is 0 Å². The Bertz CT molecular complexity index is 1360. The van der Waals surface area contributed by atoms with Gasteiger partial charge in [0.2, 0.25) is 0 Å². The van der Waals surface area contributed by atoms with Crippen molar-refractivity contribution in [3.8, 4) is 6.07 Å². The predicted molar refractivity (Wildman–Crippen MR) is 134 cm³/mol. The van der Waals surface area contributed by atoms with Crippen LogP contribution in [0.15, 0.2) is 89.7 Å². The van der Waals surface area contributed by atoms with E-state index in [9.17, 15) is 10.1 Å². The Balaban J connectivity index is 1.56. The summed E-state index contributed by atoms with van der Waals surface area (Å²) in [6, 6.07) is 30.2. The molecule has 0 N–H and O–H groups in total. The van der Waals surface area contributed by atoms with E-state index in [0.717, 1.165) is 58.6 Å². The summed E-state index contributed by atoms with van der Waals surface area (Å²) in [7, 11) is 0. The summed E-state index contributed by atoms with van der Waals surface area (Å²) in [5, 5.41) is 9.48. The molecule has 5 rings (SSSR count). The Hall–Kier alpha value is -3.97. The van der Waals surface area contributed by atoms with Gasteiger partial charge in [0.25, 0.3) is 5.56 Å². The third-order valence-electron chi connectivity index (χ3n) is 6.89. The molecule has 0 amide bonds. The van der Waals surface area contributed by atoms with Gasteiger partial charge >= 0.3 is 0 Å². The molecule has 0 spiro atoms. The van der Waals surface area contributed by atoms with Crippen LogP contribution in [0.1, 0.15) is 51.8 Å². The molecule has 1 aromatic heterocycles. The van der Waals surface area contributed by atoms with Crippen molar-refractivity contribution in [3.05, 3.63) is 135 Å². The highest BCUT2D eigenvalue weighted by atomic mass is 16.1. The van der Waals surface area contributed by atoms with E-state index in [1.54, 1.807) is 0 Å². The highest BCUT2D eigenvalue weighted by Gasteiger charge is 2.28. The maximum atomic E-state index is 14.0. The topological polar surface area (TPSA) is 58.7 Å². The van der Waals surface area contributed by atoms with Crippen LogP contribution in [-0.4, -0.2) is 9.55 Å². The summed E-state index contributed by atoms with van der Waals surface area (Å²) < 4.78 is 1.87. The second-order valence-corrected chi connectivity index (χ2v) is 9.07. The molecule has 1 atom stereocenters. The number of hydrogen-bond donors (Lipinski definition) is 0. The Labute approximate surface area is 200 Å². The van der Waals surface area contributed by atoms with E-state index in [0.29, 0.717) is 12.3 Å². The zero-order valence-electron chi connectivity index (χ0n) is 19.3. The van der Waals surface area contributed by atoms with E-state index >= 15 is 0 Å². The lowest BCUT2D eigenvalue weighted by molar-refractivity contribution is 0.437. The summed E-state index contributed by atoms with van der Waals surface area (Å²) in [5.41, 5.74) is 5.73. The number of hydrogen-bond acceptors (Lipinski definition) is 3. The lowest BCUT2D eigenvalue weighted by atomic mass is 9.82. The molecule has 1 aliphatic carbocycles. The second kappa shape index (κ2) is 9.49. The summed E-state index contributed by atoms with van der Waals surface area (Å²) in [4.78, 5) is 18.9. The number of aromatic nitrogens is 2. The minimum atomic E-state index is -0.229. The van der Waals surface area contributed by atoms with E-state index in [1.807, 2.05) is 72.2 Å². The molecule has 0 bridgehead atoms. The Morgan fingerprint density at radius 2 is 1.59 bits per heavy atom. The number of aryl methyl sites for hydroxylation is 2. The Kier molecular flexibility index (Phi) is 6.10. The van der Waals surface area contributed by atoms with E-state index in [1.165, 1.54) is 0 Å². The first kappa shape index (κ1) is 21.9. The van der Waals surface area contributed by atoms with Crippen molar-refractivity contribution < 1.29 is 0 Å². The second-order valence-electron chi connectivity index (χ2n) is 9.07. The lowest BCUT2D eigenvalue weighted by Crippen LogP contribution is -2.36. The predicted octanol–water partition coefficient (Wildman–Crippen LogP) is 5.41. The standard InChI is InChI=1S/C30H27N3O/c1-21-32-28-17-16-22(18-25-14-8-9-15-26(25)20-31)19-27(28)30(34)33(21)29(23-10-4-2-5-11-23)24-12-6-3-7-13-24/h2-15,22,29H,16-19H2,1H3. The average molecular weight is 446 g/mol. The van der Waals surface area contributed by atoms with Crippen molar-refractivity contribution in [2.75, 3.05) is 0 Å². The van der Waals surface area contributed by atoms with E-state index in [-0.39, 0.29) is 11.6 Å². The third-order valence-corrected chi connectivity index (χ3v) is 6.89. The fourth-order valence-electron chi connectivity index (χ4n) is 5.23. The van der Waals surface area contributed by atoms with Gasteiger partial charge in [0.15, 0.2) is 0 Å². The van der Waals surface area contributed by atoms with Gasteiger partial charge in [-0.25, -0.2) is 4.98 Å². The zero-order chi connectivity index (χ0) is 23.5. The molecule has 0 saturated heterocycles. The molecule has 1 aliphatic rings. The first-order chi connectivity index (χ1) is 16.7. The van der Waals surface area contributed by atoms with Crippen LogP contribution in [0.3, 0.4) is 0 Å². The molecule has 3 aromatic carbocycles. The highest BCUT2D eigenvalue weighted by Crippen LogP contribution is 2.30. The van der Waals surface area contributed by atoms with E-state index in [2.05, 4.69) is 30.3 Å². The zero-order valence-corrected chi connectivity index (χ0v) is 19.3. The van der Waals surface area contributed by atoms with Gasteiger partial charge in [-0.2, -0.15) is 5.26 Å². The average Bonchev–Trinajstić information content (AvgIpc) is 2.88. The summed E-state index contributed by atoms with van der Waals surface area (Å²) in [5.74, 6) is 1.06. The molecule has 0 radical (unpaired) electrons. The van der Waals surface area contributed by atoms with Crippen LogP contribution >= 0.6 is 0 Å². The van der Waals surface area contributed by atoms with Crippen molar-refractivity contribution in [1.29, 1.82) is 5.26 Å². The summed E-state index contributed by atoms with van der Waals surface area (Å²) in [6.07, 6.45) is 3.27. The minimum Gasteiger partial charge on any atom is -0.285 e. The molecular weight excluding hydrogens is 418 g/mol. The Morgan fingerprint density at radius 3 is 2.24 bits per heavy atom. The highest BCUT2D eigenvalue weighted by molar-refractivity contribution is 5.38. The van der Waals surface area contributed by atoms with Crippen LogP contribution in [0.4, 0.5) is 0 Å². The number of nitrogens with zero attached hydrogens (tertiary/aromatic N) is 3. The van der Waals surface area contributed by atoms with Crippen LogP contribution in [0.5, 0.6) is 0 Å². The molecule has 0 fully saturated rings. The SMILES string of the molecule is Cc1nc2c(c(=O)n1C(c1ccccc1)c1ccccc1)CC(Cc1ccccc1C#N)CC2. The molecule has 0 aliphatic heterocycles. The van der Waals surface area contributed by atoms with Gasteiger partial charge in [-0.15, -0.1) is 0 Å². The van der Waals surface area contributed by atoms with Gasteiger partial charge in [0.1, 0.15) is 5.82 Å². The molecular formula is C30H27N3O. The van der Waals surface area contributed by atoms with Gasteiger partial charge in [0, 0.05) is 5.56 Å². The van der Waals surface area contributed by atoms with Gasteiger partial charge in [-0.3, -0.25) is 9.36 Å². The van der Waals surface area contributed by atoms with Crippen molar-refractivity contribution in [2.45, 2.75) is 38.6 Å². The quantitative estimate of drug-likeness (QED) is 0.413. The van der Waals surface area contributed by atoms with Gasteiger partial charge in [-0.1, -0.05) is 78.9 Å². The maximum absolute atomic E-state index is 14.0. The third kappa shape index (κ3) is 4.18. The van der Waals surface area contributed by atoms with Gasteiger partial charge in [0.05, 0.1) is 23.4 Å². The largest absolute Gasteiger partial charge is 0.285 e. The number of rotatable bonds is 5. The fraction of sp³-hybridized carbons (Fsp3) is 0.233. The minimum absolute atomic E-state index is 0.0541. The smallest absolute Gasteiger partial charge is 0.257 e.